The first-order valence-corrected chi connectivity index (χ1v) is 10.9. The molecule has 0 atom stereocenters. The Balaban J connectivity index is 1.71. The van der Waals surface area contributed by atoms with Crippen molar-refractivity contribution < 1.29 is 13.2 Å². The summed E-state index contributed by atoms with van der Waals surface area (Å²) >= 11 is 0. The predicted octanol–water partition coefficient (Wildman–Crippen LogP) is 3.96. The molecule has 1 N–H and O–H groups in total. The average molecular weight is 387 g/mol. The molecular formula is C21H26N2O3S. The topological polar surface area (TPSA) is 66.5 Å². The third-order valence-corrected chi connectivity index (χ3v) is 6.88. The maximum Gasteiger partial charge on any atom is 0.264 e. The van der Waals surface area contributed by atoms with Crippen molar-refractivity contribution in [3.05, 3.63) is 60.2 Å². The Bertz CT molecular complexity index is 856. The van der Waals surface area contributed by atoms with Crippen LogP contribution in [0.4, 0.5) is 5.69 Å². The Morgan fingerprint density at radius 1 is 0.926 bits per heavy atom. The maximum absolute atomic E-state index is 12.8. The molecule has 27 heavy (non-hydrogen) atoms. The van der Waals surface area contributed by atoms with E-state index in [1.165, 1.54) is 36.3 Å². The number of amides is 1. The van der Waals surface area contributed by atoms with Gasteiger partial charge in [0.25, 0.3) is 15.9 Å². The van der Waals surface area contributed by atoms with Gasteiger partial charge in [0.05, 0.1) is 10.6 Å². The van der Waals surface area contributed by atoms with Gasteiger partial charge in [0.1, 0.15) is 0 Å². The number of benzene rings is 2. The van der Waals surface area contributed by atoms with Crippen molar-refractivity contribution in [3.63, 3.8) is 0 Å². The van der Waals surface area contributed by atoms with Gasteiger partial charge < -0.3 is 5.32 Å². The van der Waals surface area contributed by atoms with Crippen LogP contribution in [0.3, 0.4) is 0 Å². The van der Waals surface area contributed by atoms with Crippen LogP contribution in [-0.2, 0) is 10.0 Å². The van der Waals surface area contributed by atoms with Crippen molar-refractivity contribution in [1.29, 1.82) is 0 Å². The summed E-state index contributed by atoms with van der Waals surface area (Å²) in [4.78, 5) is 12.6. The highest BCUT2D eigenvalue weighted by atomic mass is 32.2. The first kappa shape index (κ1) is 19.4. The molecule has 0 radical (unpaired) electrons. The number of para-hydroxylation sites is 1. The number of hydrogen-bond acceptors (Lipinski definition) is 3. The summed E-state index contributed by atoms with van der Waals surface area (Å²) in [5.74, 6) is -0.137. The Hall–Kier alpha value is -2.34. The summed E-state index contributed by atoms with van der Waals surface area (Å²) < 4.78 is 26.8. The smallest absolute Gasteiger partial charge is 0.264 e. The number of carbonyl (C=O) groups is 1. The summed E-state index contributed by atoms with van der Waals surface area (Å²) in [5.41, 5.74) is 1.08. The minimum Gasteiger partial charge on any atom is -0.349 e. The van der Waals surface area contributed by atoms with Crippen LogP contribution in [0.25, 0.3) is 0 Å². The van der Waals surface area contributed by atoms with Crippen molar-refractivity contribution in [3.8, 4) is 0 Å². The first-order valence-electron chi connectivity index (χ1n) is 9.43. The van der Waals surface area contributed by atoms with E-state index in [2.05, 4.69) is 5.32 Å². The molecule has 0 aliphatic heterocycles. The monoisotopic (exact) mass is 386 g/mol. The summed E-state index contributed by atoms with van der Waals surface area (Å²) in [6.45, 7) is 0. The minimum atomic E-state index is -3.66. The molecule has 6 heteroatoms. The van der Waals surface area contributed by atoms with Crippen molar-refractivity contribution in [2.75, 3.05) is 11.4 Å². The molecule has 2 aromatic rings. The Morgan fingerprint density at radius 2 is 1.52 bits per heavy atom. The lowest BCUT2D eigenvalue weighted by Crippen LogP contribution is -2.34. The molecule has 0 aromatic heterocycles. The summed E-state index contributed by atoms with van der Waals surface area (Å²) in [6.07, 6.45) is 6.78. The molecule has 144 valence electrons. The molecule has 1 saturated carbocycles. The molecule has 3 rings (SSSR count). The highest BCUT2D eigenvalue weighted by Crippen LogP contribution is 2.22. The number of nitrogens with one attached hydrogen (secondary N) is 1. The Kier molecular flexibility index (Phi) is 6.16. The molecule has 1 aliphatic rings. The van der Waals surface area contributed by atoms with E-state index < -0.39 is 10.0 Å². The largest absolute Gasteiger partial charge is 0.349 e. The van der Waals surface area contributed by atoms with E-state index in [4.69, 9.17) is 0 Å². The lowest BCUT2D eigenvalue weighted by atomic mass is 10.1. The number of rotatable bonds is 5. The van der Waals surface area contributed by atoms with Crippen LogP contribution in [0.2, 0.25) is 0 Å². The quantitative estimate of drug-likeness (QED) is 0.791. The normalized spacial score (nSPS) is 15.7. The van der Waals surface area contributed by atoms with Crippen LogP contribution in [-0.4, -0.2) is 27.4 Å². The highest BCUT2D eigenvalue weighted by molar-refractivity contribution is 7.92. The van der Waals surface area contributed by atoms with Crippen molar-refractivity contribution in [1.82, 2.24) is 5.32 Å². The van der Waals surface area contributed by atoms with E-state index in [9.17, 15) is 13.2 Å². The molecule has 1 aliphatic carbocycles. The SMILES string of the molecule is CN(c1ccccc1)S(=O)(=O)c1ccc(C(=O)NC2CCCCCC2)cc1. The molecule has 0 bridgehead atoms. The van der Waals surface area contributed by atoms with Crippen molar-refractivity contribution >= 4 is 21.6 Å². The average Bonchev–Trinajstić information content (AvgIpc) is 2.96. The maximum atomic E-state index is 12.8. The fourth-order valence-corrected chi connectivity index (χ4v) is 4.60. The van der Waals surface area contributed by atoms with E-state index in [0.717, 1.165) is 25.7 Å². The Labute approximate surface area is 161 Å². The van der Waals surface area contributed by atoms with Gasteiger partial charge >= 0.3 is 0 Å². The molecule has 5 nitrogen and oxygen atoms in total. The molecule has 0 heterocycles. The second kappa shape index (κ2) is 8.57. The fraction of sp³-hybridized carbons (Fsp3) is 0.381. The molecule has 1 fully saturated rings. The molecule has 0 spiro atoms. The summed E-state index contributed by atoms with van der Waals surface area (Å²) in [6, 6.07) is 15.3. The number of hydrogen-bond donors (Lipinski definition) is 1. The molecule has 0 saturated heterocycles. The third-order valence-electron chi connectivity index (χ3n) is 5.09. The van der Waals surface area contributed by atoms with E-state index in [1.54, 1.807) is 36.4 Å². The number of carbonyl (C=O) groups excluding carboxylic acids is 1. The van der Waals surface area contributed by atoms with Gasteiger partial charge in [-0.2, -0.15) is 0 Å². The van der Waals surface area contributed by atoms with Crippen molar-refractivity contribution in [2.24, 2.45) is 0 Å². The second-order valence-electron chi connectivity index (χ2n) is 6.99. The van der Waals surface area contributed by atoms with Crippen LogP contribution in [0.1, 0.15) is 48.9 Å². The van der Waals surface area contributed by atoms with Gasteiger partial charge in [0, 0.05) is 18.7 Å². The van der Waals surface area contributed by atoms with Crippen LogP contribution in [0.5, 0.6) is 0 Å². The summed E-state index contributed by atoms with van der Waals surface area (Å²) in [5, 5.41) is 3.08. The zero-order valence-electron chi connectivity index (χ0n) is 15.6. The van der Waals surface area contributed by atoms with Gasteiger partial charge in [-0.05, 0) is 49.2 Å². The van der Waals surface area contributed by atoms with Gasteiger partial charge in [-0.1, -0.05) is 43.9 Å². The lowest BCUT2D eigenvalue weighted by Gasteiger charge is -2.20. The first-order chi connectivity index (χ1) is 13.0. The van der Waals surface area contributed by atoms with Gasteiger partial charge in [-0.3, -0.25) is 9.10 Å². The predicted molar refractivity (Wildman–Crippen MR) is 107 cm³/mol. The molecule has 0 unspecified atom stereocenters. The Morgan fingerprint density at radius 3 is 2.11 bits per heavy atom. The molecule has 1 amide bonds. The zero-order chi connectivity index (χ0) is 19.3. The zero-order valence-corrected chi connectivity index (χ0v) is 16.4. The fourth-order valence-electron chi connectivity index (χ4n) is 3.41. The third kappa shape index (κ3) is 4.69. The molecule has 2 aromatic carbocycles. The van der Waals surface area contributed by atoms with Crippen LogP contribution < -0.4 is 9.62 Å². The summed E-state index contributed by atoms with van der Waals surface area (Å²) in [7, 11) is -2.14. The van der Waals surface area contributed by atoms with E-state index in [0.29, 0.717) is 11.3 Å². The lowest BCUT2D eigenvalue weighted by molar-refractivity contribution is 0.0933. The van der Waals surface area contributed by atoms with E-state index >= 15 is 0 Å². The van der Waals surface area contributed by atoms with Gasteiger partial charge in [-0.15, -0.1) is 0 Å². The van der Waals surface area contributed by atoms with E-state index in [-0.39, 0.29) is 16.8 Å². The van der Waals surface area contributed by atoms with Gasteiger partial charge in [-0.25, -0.2) is 8.42 Å². The van der Waals surface area contributed by atoms with E-state index in [1.807, 2.05) is 6.07 Å². The second-order valence-corrected chi connectivity index (χ2v) is 8.96. The minimum absolute atomic E-state index is 0.137. The van der Waals surface area contributed by atoms with Gasteiger partial charge in [0.15, 0.2) is 0 Å². The standard InChI is InChI=1S/C21H26N2O3S/c1-23(19-11-7-4-8-12-19)27(25,26)20-15-13-17(14-16-20)21(24)22-18-9-5-2-3-6-10-18/h4,7-8,11-16,18H,2-3,5-6,9-10H2,1H3,(H,22,24). The number of nitrogens with zero attached hydrogens (tertiary/aromatic N) is 1. The van der Waals surface area contributed by atoms with Crippen LogP contribution in [0, 0.1) is 0 Å². The number of anilines is 1. The highest BCUT2D eigenvalue weighted by Gasteiger charge is 2.22. The van der Waals surface area contributed by atoms with Gasteiger partial charge in [0.2, 0.25) is 0 Å². The van der Waals surface area contributed by atoms with Crippen molar-refractivity contribution in [2.45, 2.75) is 49.5 Å². The molecular weight excluding hydrogens is 360 g/mol. The van der Waals surface area contributed by atoms with Crippen LogP contribution >= 0.6 is 0 Å². The number of sulfonamides is 1. The van der Waals surface area contributed by atoms with Crippen LogP contribution in [0.15, 0.2) is 59.5 Å².